The van der Waals surface area contributed by atoms with Gasteiger partial charge in [-0.1, -0.05) is 0 Å². The molecule has 4 rings (SSSR count). The topological polar surface area (TPSA) is 121 Å². The summed E-state index contributed by atoms with van der Waals surface area (Å²) in [6, 6.07) is 9.86. The Labute approximate surface area is 214 Å². The van der Waals surface area contributed by atoms with Crippen LogP contribution in [-0.4, -0.2) is 50.2 Å². The molecule has 2 aromatic carbocycles. The van der Waals surface area contributed by atoms with Gasteiger partial charge in [0, 0.05) is 22.9 Å². The number of thiazole rings is 2. The predicted octanol–water partition coefficient (Wildman–Crippen LogP) is 4.81. The number of benzene rings is 2. The molecule has 0 fully saturated rings. The van der Waals surface area contributed by atoms with Crippen LogP contribution in [0.1, 0.15) is 20.7 Å². The molecule has 0 aliphatic heterocycles. The highest BCUT2D eigenvalue weighted by Crippen LogP contribution is 2.31. The number of methoxy groups -OCH3 is 4. The first-order valence-electron chi connectivity index (χ1n) is 10.4. The van der Waals surface area contributed by atoms with Gasteiger partial charge < -0.3 is 18.9 Å². The van der Waals surface area contributed by atoms with Gasteiger partial charge in [0.2, 0.25) is 0 Å². The van der Waals surface area contributed by atoms with Gasteiger partial charge in [-0.3, -0.25) is 20.2 Å². The van der Waals surface area contributed by atoms with Crippen LogP contribution >= 0.6 is 22.7 Å². The van der Waals surface area contributed by atoms with Crippen molar-refractivity contribution < 1.29 is 28.5 Å². The molecular formula is C24H22N4O6S2. The number of ether oxygens (including phenoxy) is 4. The fraction of sp³-hybridized carbons (Fsp3) is 0.167. The second-order valence-corrected chi connectivity index (χ2v) is 8.83. The molecule has 2 heterocycles. The maximum Gasteiger partial charge on any atom is 0.261 e. The quantitative estimate of drug-likeness (QED) is 0.319. The Bertz CT molecular complexity index is 1300. The SMILES string of the molecule is COc1ccc(C(=O)Nc2nc(-c3csc(NC(=O)c4ccc(OC)cc4OC)n3)cs2)c(OC)c1. The van der Waals surface area contributed by atoms with Crippen molar-refractivity contribution in [2.24, 2.45) is 0 Å². The Kier molecular flexibility index (Phi) is 7.66. The van der Waals surface area contributed by atoms with Crippen LogP contribution in [0.2, 0.25) is 0 Å². The lowest BCUT2D eigenvalue weighted by Gasteiger charge is -2.09. The van der Waals surface area contributed by atoms with E-state index in [9.17, 15) is 9.59 Å². The zero-order valence-corrected chi connectivity index (χ0v) is 21.4. The number of nitrogens with zero attached hydrogens (tertiary/aromatic N) is 2. The summed E-state index contributed by atoms with van der Waals surface area (Å²) in [7, 11) is 6.04. The van der Waals surface area contributed by atoms with E-state index in [4.69, 9.17) is 18.9 Å². The van der Waals surface area contributed by atoms with Crippen molar-refractivity contribution in [3.8, 4) is 34.4 Å². The summed E-state index contributed by atoms with van der Waals surface area (Å²) in [4.78, 5) is 34.4. The van der Waals surface area contributed by atoms with E-state index in [0.29, 0.717) is 55.8 Å². The van der Waals surface area contributed by atoms with Gasteiger partial charge in [0.25, 0.3) is 11.8 Å². The molecule has 0 radical (unpaired) electrons. The normalized spacial score (nSPS) is 10.4. The Morgan fingerprint density at radius 3 is 1.44 bits per heavy atom. The summed E-state index contributed by atoms with van der Waals surface area (Å²) in [6.45, 7) is 0. The smallest absolute Gasteiger partial charge is 0.261 e. The van der Waals surface area contributed by atoms with Gasteiger partial charge in [-0.2, -0.15) is 0 Å². The molecule has 186 valence electrons. The first-order chi connectivity index (χ1) is 17.4. The number of carbonyl (C=O) groups excluding carboxylic acids is 2. The van der Waals surface area contributed by atoms with E-state index in [1.807, 2.05) is 0 Å². The van der Waals surface area contributed by atoms with E-state index in [0.717, 1.165) is 0 Å². The van der Waals surface area contributed by atoms with Crippen molar-refractivity contribution >= 4 is 44.8 Å². The summed E-state index contributed by atoms with van der Waals surface area (Å²) in [5.41, 5.74) is 1.83. The van der Waals surface area contributed by atoms with E-state index in [1.54, 1.807) is 47.2 Å². The highest BCUT2D eigenvalue weighted by Gasteiger charge is 2.18. The maximum atomic E-state index is 12.7. The lowest BCUT2D eigenvalue weighted by atomic mass is 10.2. The van der Waals surface area contributed by atoms with Crippen LogP contribution in [0.5, 0.6) is 23.0 Å². The number of hydrogen-bond acceptors (Lipinski definition) is 10. The van der Waals surface area contributed by atoms with Crippen LogP contribution in [0.3, 0.4) is 0 Å². The van der Waals surface area contributed by atoms with E-state index < -0.39 is 0 Å². The number of aromatic nitrogens is 2. The third kappa shape index (κ3) is 5.39. The summed E-state index contributed by atoms with van der Waals surface area (Å²) >= 11 is 2.51. The number of anilines is 2. The Morgan fingerprint density at radius 2 is 1.08 bits per heavy atom. The number of rotatable bonds is 9. The fourth-order valence-corrected chi connectivity index (χ4v) is 4.60. The molecule has 0 unspecified atom stereocenters. The van der Waals surface area contributed by atoms with Crippen LogP contribution in [0, 0.1) is 0 Å². The van der Waals surface area contributed by atoms with E-state index in [2.05, 4.69) is 20.6 Å². The molecule has 12 heteroatoms. The molecule has 0 atom stereocenters. The highest BCUT2D eigenvalue weighted by atomic mass is 32.1. The second kappa shape index (κ2) is 11.1. The van der Waals surface area contributed by atoms with Gasteiger partial charge in [-0.05, 0) is 24.3 Å². The minimum atomic E-state index is -0.366. The summed E-state index contributed by atoms with van der Waals surface area (Å²) < 4.78 is 20.9. The zero-order valence-electron chi connectivity index (χ0n) is 19.8. The summed E-state index contributed by atoms with van der Waals surface area (Å²) in [5.74, 6) is 1.20. The Balaban J connectivity index is 1.45. The van der Waals surface area contributed by atoms with Crippen LogP contribution in [-0.2, 0) is 0 Å². The lowest BCUT2D eigenvalue weighted by molar-refractivity contribution is 0.101. The van der Waals surface area contributed by atoms with Gasteiger partial charge >= 0.3 is 0 Å². The summed E-state index contributed by atoms with van der Waals surface area (Å²) in [5, 5.41) is 9.88. The highest BCUT2D eigenvalue weighted by molar-refractivity contribution is 7.15. The van der Waals surface area contributed by atoms with Crippen molar-refractivity contribution in [3.63, 3.8) is 0 Å². The first-order valence-corrected chi connectivity index (χ1v) is 12.2. The molecule has 0 bridgehead atoms. The molecule has 0 saturated heterocycles. The second-order valence-electron chi connectivity index (χ2n) is 7.12. The van der Waals surface area contributed by atoms with Gasteiger partial charge in [-0.25, -0.2) is 9.97 Å². The average Bonchev–Trinajstić information content (AvgIpc) is 3.57. The van der Waals surface area contributed by atoms with E-state index >= 15 is 0 Å². The molecule has 0 saturated carbocycles. The number of nitrogens with one attached hydrogen (secondary N) is 2. The minimum Gasteiger partial charge on any atom is -0.497 e. The Hall–Kier alpha value is -4.16. The van der Waals surface area contributed by atoms with Crippen molar-refractivity contribution in [3.05, 3.63) is 58.3 Å². The van der Waals surface area contributed by atoms with Crippen molar-refractivity contribution in [2.75, 3.05) is 39.1 Å². The van der Waals surface area contributed by atoms with Gasteiger partial charge in [0.15, 0.2) is 10.3 Å². The standard InChI is InChI=1S/C24H22N4O6S2/c1-31-13-5-7-15(19(9-13)33-3)21(29)27-23-25-17(11-35-23)18-12-36-24(26-18)28-22(30)16-8-6-14(32-2)10-20(16)34-4/h5-12H,1-4H3,(H,25,27,29)(H,26,28,30). The zero-order chi connectivity index (χ0) is 25.7. The van der Waals surface area contributed by atoms with Gasteiger partial charge in [0.05, 0.1) is 39.6 Å². The maximum absolute atomic E-state index is 12.7. The predicted molar refractivity (Wildman–Crippen MR) is 138 cm³/mol. The van der Waals surface area contributed by atoms with Crippen LogP contribution in [0.4, 0.5) is 10.3 Å². The third-order valence-electron chi connectivity index (χ3n) is 5.02. The molecule has 2 amide bonds. The van der Waals surface area contributed by atoms with Gasteiger partial charge in [-0.15, -0.1) is 22.7 Å². The molecular weight excluding hydrogens is 504 g/mol. The molecule has 36 heavy (non-hydrogen) atoms. The molecule has 2 N–H and O–H groups in total. The van der Waals surface area contributed by atoms with Crippen LogP contribution in [0.25, 0.3) is 11.4 Å². The molecule has 0 spiro atoms. The largest absolute Gasteiger partial charge is 0.497 e. The number of hydrogen-bond donors (Lipinski definition) is 2. The summed E-state index contributed by atoms with van der Waals surface area (Å²) in [6.07, 6.45) is 0. The van der Waals surface area contributed by atoms with Gasteiger partial charge in [0.1, 0.15) is 34.4 Å². The molecule has 0 aliphatic carbocycles. The molecule has 4 aromatic rings. The number of carbonyl (C=O) groups is 2. The van der Waals surface area contributed by atoms with Crippen LogP contribution in [0.15, 0.2) is 47.2 Å². The Morgan fingerprint density at radius 1 is 0.667 bits per heavy atom. The van der Waals surface area contributed by atoms with Crippen LogP contribution < -0.4 is 29.6 Å². The lowest BCUT2D eigenvalue weighted by Crippen LogP contribution is -2.13. The molecule has 0 aliphatic rings. The minimum absolute atomic E-state index is 0.350. The average molecular weight is 527 g/mol. The number of amides is 2. The first kappa shape index (κ1) is 24.9. The van der Waals surface area contributed by atoms with Crippen molar-refractivity contribution in [2.45, 2.75) is 0 Å². The molecule has 2 aromatic heterocycles. The van der Waals surface area contributed by atoms with Crippen molar-refractivity contribution in [1.82, 2.24) is 9.97 Å². The van der Waals surface area contributed by atoms with E-state index in [-0.39, 0.29) is 11.8 Å². The van der Waals surface area contributed by atoms with Crippen molar-refractivity contribution in [1.29, 1.82) is 0 Å². The third-order valence-corrected chi connectivity index (χ3v) is 6.53. The monoisotopic (exact) mass is 526 g/mol. The molecule has 10 nitrogen and oxygen atoms in total. The fourth-order valence-electron chi connectivity index (χ4n) is 3.20. The van der Waals surface area contributed by atoms with E-state index in [1.165, 1.54) is 51.1 Å².